The second kappa shape index (κ2) is 4.52. The van der Waals surface area contributed by atoms with E-state index in [0.29, 0.717) is 12.1 Å². The van der Waals surface area contributed by atoms with Crippen LogP contribution in [0.1, 0.15) is 33.3 Å². The van der Waals surface area contributed by atoms with Crippen molar-refractivity contribution < 1.29 is 23.6 Å². The Morgan fingerprint density at radius 2 is 1.67 bits per heavy atom. The van der Waals surface area contributed by atoms with E-state index in [1.54, 1.807) is 20.8 Å². The van der Waals surface area contributed by atoms with Gasteiger partial charge >= 0.3 is 10.2 Å². The Bertz CT molecular complexity index is 616. The molecule has 122 valence electrons. The van der Waals surface area contributed by atoms with E-state index in [1.165, 1.54) is 13.0 Å². The van der Waals surface area contributed by atoms with Gasteiger partial charge in [-0.2, -0.15) is 4.40 Å². The molecule has 0 bridgehead atoms. The minimum atomic E-state index is -9.73. The predicted octanol–water partition coefficient (Wildman–Crippen LogP) is 5.62. The molecule has 0 saturated carbocycles. The molecule has 0 N–H and O–H groups in total. The number of nitrogens with zero attached hydrogens (tertiary/aromatic N) is 1. The molecule has 0 heterocycles. The molecule has 0 amide bonds. The molecule has 0 fully saturated rings. The van der Waals surface area contributed by atoms with Crippen LogP contribution in [0.15, 0.2) is 33.6 Å². The van der Waals surface area contributed by atoms with Crippen molar-refractivity contribution in [1.29, 1.82) is 0 Å². The molecular weight excluding hydrogens is 333 g/mol. The summed E-state index contributed by atoms with van der Waals surface area (Å²) >= 11 is 0. The monoisotopic (exact) mass is 349 g/mol. The van der Waals surface area contributed by atoms with E-state index in [2.05, 4.69) is 4.40 Å². The molecule has 0 aliphatic rings. The van der Waals surface area contributed by atoms with E-state index >= 15 is 0 Å². The van der Waals surface area contributed by atoms with Gasteiger partial charge in [-0.1, -0.05) is 31.6 Å². The van der Waals surface area contributed by atoms with Crippen molar-refractivity contribution in [1.82, 2.24) is 0 Å². The molecule has 0 unspecified atom stereocenters. The summed E-state index contributed by atoms with van der Waals surface area (Å²) in [7, 11) is -11.4. The van der Waals surface area contributed by atoms with Gasteiger partial charge in [-0.15, -0.1) is 0 Å². The van der Waals surface area contributed by atoms with Crippen molar-refractivity contribution in [2.24, 2.45) is 4.40 Å². The highest BCUT2D eigenvalue weighted by atomic mass is 32.5. The lowest BCUT2D eigenvalue weighted by Crippen LogP contribution is -2.20. The van der Waals surface area contributed by atoms with E-state index in [1.807, 2.05) is 0 Å². The van der Waals surface area contributed by atoms with E-state index in [-0.39, 0.29) is 11.3 Å². The zero-order chi connectivity index (χ0) is 16.8. The van der Waals surface area contributed by atoms with E-state index in [9.17, 15) is 23.6 Å². The largest absolute Gasteiger partial charge is 0.310 e. The van der Waals surface area contributed by atoms with E-state index in [4.69, 9.17) is 0 Å². The molecule has 1 rings (SSSR count). The van der Waals surface area contributed by atoms with Crippen LogP contribution in [0.2, 0.25) is 0 Å². The Hall–Kier alpha value is -0.960. The van der Waals surface area contributed by atoms with Gasteiger partial charge in [-0.05, 0) is 45.4 Å². The topological polar surface area (TPSA) is 29.4 Å². The first-order valence-electron chi connectivity index (χ1n) is 5.82. The molecule has 0 aromatic heterocycles. The maximum atomic E-state index is 12.7. The number of benzene rings is 1. The second-order valence-electron chi connectivity index (χ2n) is 5.54. The molecule has 1 aromatic rings. The highest BCUT2D eigenvalue weighted by Gasteiger charge is 2.65. The van der Waals surface area contributed by atoms with Crippen LogP contribution in [-0.2, 0) is 11.0 Å². The van der Waals surface area contributed by atoms with Crippen molar-refractivity contribution in [3.63, 3.8) is 0 Å². The Morgan fingerprint density at radius 3 is 2.10 bits per heavy atom. The van der Waals surface area contributed by atoms with Crippen molar-refractivity contribution in [3.05, 3.63) is 29.8 Å². The second-order valence-corrected chi connectivity index (χ2v) is 9.85. The van der Waals surface area contributed by atoms with Gasteiger partial charge in [0.2, 0.25) is 0 Å². The van der Waals surface area contributed by atoms with E-state index < -0.39 is 30.9 Å². The number of hydrogen-bond donors (Lipinski definition) is 0. The third-order valence-electron chi connectivity index (χ3n) is 2.44. The van der Waals surface area contributed by atoms with Gasteiger partial charge in [-0.3, -0.25) is 0 Å². The van der Waals surface area contributed by atoms with Crippen LogP contribution in [0.25, 0.3) is 0 Å². The molecule has 2 nitrogen and oxygen atoms in total. The SMILES string of the molecule is C/C(=N/[S@](=O)C(C)(C)C)c1cccc(S(F)(F)(F)(F)F)c1. The highest BCUT2D eigenvalue weighted by molar-refractivity contribution is 8.45. The first-order valence-corrected chi connectivity index (χ1v) is 8.88. The fourth-order valence-electron chi connectivity index (χ4n) is 1.28. The molecule has 0 aliphatic heterocycles. The summed E-state index contributed by atoms with van der Waals surface area (Å²) in [6, 6.07) is 2.74. The van der Waals surface area contributed by atoms with Gasteiger partial charge in [0.25, 0.3) is 0 Å². The van der Waals surface area contributed by atoms with Crippen molar-refractivity contribution in [3.8, 4) is 0 Å². The van der Waals surface area contributed by atoms with Gasteiger partial charge in [-0.25, -0.2) is 4.21 Å². The third-order valence-corrected chi connectivity index (χ3v) is 5.07. The fraction of sp³-hybridized carbons (Fsp3) is 0.417. The maximum absolute atomic E-state index is 12.7. The van der Waals surface area contributed by atoms with Gasteiger partial charge < -0.3 is 0 Å². The van der Waals surface area contributed by atoms with Gasteiger partial charge in [0.05, 0.1) is 10.5 Å². The highest BCUT2D eigenvalue weighted by Crippen LogP contribution is 3.02. The van der Waals surface area contributed by atoms with Crippen LogP contribution in [0, 0.1) is 0 Å². The summed E-state index contributed by atoms with van der Waals surface area (Å²) < 4.78 is 78.6. The van der Waals surface area contributed by atoms with Crippen LogP contribution in [0.5, 0.6) is 0 Å². The van der Waals surface area contributed by atoms with Crippen molar-refractivity contribution in [2.45, 2.75) is 37.3 Å². The standard InChI is InChI=1S/C12H16F5NOS2/c1-9(18-20(19)12(2,3)4)10-6-5-7-11(8-10)21(13,14,15,16)17/h5-8H,1-4H3/b18-9-/t20-/m1/s1. The quantitative estimate of drug-likeness (QED) is 0.515. The average Bonchev–Trinajstić information content (AvgIpc) is 2.24. The molecule has 9 heteroatoms. The molecule has 0 aliphatic carbocycles. The molecule has 0 radical (unpaired) electrons. The van der Waals surface area contributed by atoms with Crippen LogP contribution < -0.4 is 0 Å². The lowest BCUT2D eigenvalue weighted by molar-refractivity contribution is 0.364. The number of rotatable bonds is 3. The van der Waals surface area contributed by atoms with Crippen LogP contribution in [0.4, 0.5) is 19.4 Å². The zero-order valence-corrected chi connectivity index (χ0v) is 13.5. The first-order chi connectivity index (χ1) is 9.00. The fourth-order valence-corrected chi connectivity index (χ4v) is 2.59. The lowest BCUT2D eigenvalue weighted by atomic mass is 10.1. The third kappa shape index (κ3) is 5.06. The molecule has 21 heavy (non-hydrogen) atoms. The van der Waals surface area contributed by atoms with Crippen LogP contribution in [-0.4, -0.2) is 14.7 Å². The molecule has 1 aromatic carbocycles. The summed E-state index contributed by atoms with van der Waals surface area (Å²) in [4.78, 5) is -1.98. The minimum Gasteiger partial charge on any atom is -0.234 e. The summed E-state index contributed by atoms with van der Waals surface area (Å²) in [6.07, 6.45) is 0. The summed E-state index contributed by atoms with van der Waals surface area (Å²) in [5.74, 6) is 0. The molecule has 0 saturated heterocycles. The average molecular weight is 349 g/mol. The Labute approximate surface area is 122 Å². The van der Waals surface area contributed by atoms with Crippen LogP contribution in [0.3, 0.4) is 0 Å². The summed E-state index contributed by atoms with van der Waals surface area (Å²) in [5.41, 5.74) is -0.134. The lowest BCUT2D eigenvalue weighted by Gasteiger charge is -2.40. The van der Waals surface area contributed by atoms with Crippen LogP contribution >= 0.6 is 10.2 Å². The zero-order valence-electron chi connectivity index (χ0n) is 11.9. The number of halogens is 5. The number of hydrogen-bond acceptors (Lipinski definition) is 1. The normalized spacial score (nSPS) is 18.8. The van der Waals surface area contributed by atoms with Gasteiger partial charge in [0, 0.05) is 0 Å². The van der Waals surface area contributed by atoms with Gasteiger partial charge in [0.1, 0.15) is 15.9 Å². The predicted molar refractivity (Wildman–Crippen MR) is 77.9 cm³/mol. The molecule has 1 atom stereocenters. The smallest absolute Gasteiger partial charge is 0.234 e. The maximum Gasteiger partial charge on any atom is 0.310 e. The Morgan fingerprint density at radius 1 is 1.14 bits per heavy atom. The Kier molecular flexibility index (Phi) is 3.89. The van der Waals surface area contributed by atoms with Crippen molar-refractivity contribution >= 4 is 26.9 Å². The first kappa shape index (κ1) is 18.1. The van der Waals surface area contributed by atoms with Crippen molar-refractivity contribution in [2.75, 3.05) is 0 Å². The Balaban J connectivity index is 3.31. The molecular formula is C12H16F5NOS2. The van der Waals surface area contributed by atoms with E-state index in [0.717, 1.165) is 6.07 Å². The summed E-state index contributed by atoms with van der Waals surface area (Å²) in [6.45, 7) is 6.26. The van der Waals surface area contributed by atoms with Gasteiger partial charge in [0.15, 0.2) is 0 Å². The molecule has 0 spiro atoms. The summed E-state index contributed by atoms with van der Waals surface area (Å²) in [5, 5.41) is 0. The minimum absolute atomic E-state index is 0.00644.